The van der Waals surface area contributed by atoms with Crippen molar-refractivity contribution in [1.82, 2.24) is 5.16 Å². The summed E-state index contributed by atoms with van der Waals surface area (Å²) in [6.07, 6.45) is 0. The predicted octanol–water partition coefficient (Wildman–Crippen LogP) is 4.40. The van der Waals surface area contributed by atoms with Gasteiger partial charge in [-0.3, -0.25) is 0 Å². The fourth-order valence-corrected chi connectivity index (χ4v) is 2.24. The molecule has 0 aliphatic heterocycles. The van der Waals surface area contributed by atoms with E-state index in [4.69, 9.17) is 16.7 Å². The summed E-state index contributed by atoms with van der Waals surface area (Å²) < 4.78 is 5.32. The number of nitrogens with zero attached hydrogens (tertiary/aromatic N) is 1. The van der Waals surface area contributed by atoms with Crippen molar-refractivity contribution in [3.8, 4) is 0 Å². The summed E-state index contributed by atoms with van der Waals surface area (Å²) in [5, 5.41) is 10.7. The second-order valence-corrected chi connectivity index (χ2v) is 6.69. The van der Waals surface area contributed by atoms with Gasteiger partial charge < -0.3 is 15.2 Å². The minimum absolute atomic E-state index is 0.0738. The standard InChI is InChI=1S/C16H21N3OS/c1-10-6-11(2)8-12(7-10)17-15(21)18-14-9-13(20-19-14)16(3,4)5/h6-9H,1-5H3,(H2,17,18,19,21). The molecule has 0 amide bonds. The van der Waals surface area contributed by atoms with Gasteiger partial charge in [-0.05, 0) is 49.3 Å². The number of nitrogens with one attached hydrogen (secondary N) is 2. The molecule has 1 aromatic carbocycles. The Bertz CT molecular complexity index is 636. The lowest BCUT2D eigenvalue weighted by Gasteiger charge is -2.12. The Kier molecular flexibility index (Phi) is 4.32. The van der Waals surface area contributed by atoms with Crippen LogP contribution < -0.4 is 10.6 Å². The van der Waals surface area contributed by atoms with Crippen LogP contribution in [0.5, 0.6) is 0 Å². The second kappa shape index (κ2) is 5.85. The fourth-order valence-electron chi connectivity index (χ4n) is 2.01. The van der Waals surface area contributed by atoms with Crippen LogP contribution in [0.3, 0.4) is 0 Å². The number of aryl methyl sites for hydroxylation is 2. The van der Waals surface area contributed by atoms with E-state index in [1.807, 2.05) is 18.2 Å². The number of rotatable bonds is 2. The molecule has 1 heterocycles. The Balaban J connectivity index is 2.03. The van der Waals surface area contributed by atoms with Crippen molar-refractivity contribution in [2.24, 2.45) is 0 Å². The number of benzene rings is 1. The molecule has 1 aromatic heterocycles. The number of aromatic nitrogens is 1. The molecule has 0 fully saturated rings. The summed E-state index contributed by atoms with van der Waals surface area (Å²) >= 11 is 5.30. The van der Waals surface area contributed by atoms with Crippen LogP contribution >= 0.6 is 12.2 Å². The Morgan fingerprint density at radius 3 is 2.19 bits per heavy atom. The van der Waals surface area contributed by atoms with E-state index in [0.717, 1.165) is 11.4 Å². The Labute approximate surface area is 130 Å². The van der Waals surface area contributed by atoms with E-state index in [9.17, 15) is 0 Å². The Hall–Kier alpha value is -1.88. The number of hydrogen-bond donors (Lipinski definition) is 2. The molecule has 0 saturated carbocycles. The zero-order chi connectivity index (χ0) is 15.6. The van der Waals surface area contributed by atoms with E-state index in [0.29, 0.717) is 10.9 Å². The first-order valence-corrected chi connectivity index (χ1v) is 7.28. The summed E-state index contributed by atoms with van der Waals surface area (Å²) in [5.74, 6) is 1.43. The molecule has 0 radical (unpaired) electrons. The van der Waals surface area contributed by atoms with Crippen molar-refractivity contribution in [2.75, 3.05) is 10.6 Å². The van der Waals surface area contributed by atoms with Gasteiger partial charge in [0.1, 0.15) is 5.76 Å². The van der Waals surface area contributed by atoms with Gasteiger partial charge >= 0.3 is 0 Å². The summed E-state index contributed by atoms with van der Waals surface area (Å²) in [4.78, 5) is 0. The quantitative estimate of drug-likeness (QED) is 0.805. The Morgan fingerprint density at radius 2 is 1.67 bits per heavy atom. The monoisotopic (exact) mass is 303 g/mol. The van der Waals surface area contributed by atoms with Crippen molar-refractivity contribution >= 4 is 28.8 Å². The van der Waals surface area contributed by atoms with Gasteiger partial charge in [0.15, 0.2) is 10.9 Å². The van der Waals surface area contributed by atoms with Crippen molar-refractivity contribution in [2.45, 2.75) is 40.0 Å². The van der Waals surface area contributed by atoms with Gasteiger partial charge in [0, 0.05) is 17.2 Å². The maximum Gasteiger partial charge on any atom is 0.176 e. The van der Waals surface area contributed by atoms with E-state index in [-0.39, 0.29) is 5.41 Å². The minimum Gasteiger partial charge on any atom is -0.359 e. The SMILES string of the molecule is Cc1cc(C)cc(NC(=S)Nc2cc(C(C)(C)C)on2)c1. The highest BCUT2D eigenvalue weighted by atomic mass is 32.1. The number of hydrogen-bond acceptors (Lipinski definition) is 3. The maximum atomic E-state index is 5.32. The van der Waals surface area contributed by atoms with Crippen molar-refractivity contribution in [3.05, 3.63) is 41.2 Å². The zero-order valence-electron chi connectivity index (χ0n) is 13.1. The second-order valence-electron chi connectivity index (χ2n) is 6.28. The highest BCUT2D eigenvalue weighted by Crippen LogP contribution is 2.24. The van der Waals surface area contributed by atoms with Gasteiger partial charge in [-0.15, -0.1) is 0 Å². The third-order valence-electron chi connectivity index (χ3n) is 2.97. The molecule has 0 bridgehead atoms. The molecule has 2 N–H and O–H groups in total. The molecule has 112 valence electrons. The van der Waals surface area contributed by atoms with Gasteiger partial charge in [-0.25, -0.2) is 0 Å². The molecule has 4 nitrogen and oxygen atoms in total. The topological polar surface area (TPSA) is 50.1 Å². The summed E-state index contributed by atoms with van der Waals surface area (Å²) in [6.45, 7) is 10.3. The molecular weight excluding hydrogens is 282 g/mol. The molecule has 0 aliphatic carbocycles. The van der Waals surface area contributed by atoms with Crippen LogP contribution in [-0.2, 0) is 5.41 Å². The molecule has 0 atom stereocenters. The van der Waals surface area contributed by atoms with Crippen LogP contribution in [0.4, 0.5) is 11.5 Å². The fraction of sp³-hybridized carbons (Fsp3) is 0.375. The molecule has 0 spiro atoms. The third-order valence-corrected chi connectivity index (χ3v) is 3.17. The first kappa shape index (κ1) is 15.5. The van der Waals surface area contributed by atoms with Gasteiger partial charge in [0.05, 0.1) is 0 Å². The number of thiocarbonyl (C=S) groups is 1. The van der Waals surface area contributed by atoms with Crippen LogP contribution in [0.2, 0.25) is 0 Å². The van der Waals surface area contributed by atoms with E-state index in [1.165, 1.54) is 11.1 Å². The molecule has 2 aromatic rings. The largest absolute Gasteiger partial charge is 0.359 e. The lowest BCUT2D eigenvalue weighted by molar-refractivity contribution is 0.331. The normalized spacial score (nSPS) is 11.3. The molecule has 0 aliphatic rings. The van der Waals surface area contributed by atoms with Crippen LogP contribution in [0.25, 0.3) is 0 Å². The molecule has 2 rings (SSSR count). The average molecular weight is 303 g/mol. The summed E-state index contributed by atoms with van der Waals surface area (Å²) in [5.41, 5.74) is 3.27. The number of anilines is 2. The van der Waals surface area contributed by atoms with Crippen LogP contribution in [0.15, 0.2) is 28.8 Å². The summed E-state index contributed by atoms with van der Waals surface area (Å²) in [7, 11) is 0. The van der Waals surface area contributed by atoms with Crippen LogP contribution in [-0.4, -0.2) is 10.3 Å². The average Bonchev–Trinajstić information content (AvgIpc) is 2.75. The molecule has 5 heteroatoms. The molecule has 0 unspecified atom stereocenters. The third kappa shape index (κ3) is 4.29. The van der Waals surface area contributed by atoms with Crippen LogP contribution in [0, 0.1) is 13.8 Å². The van der Waals surface area contributed by atoms with E-state index in [2.05, 4.69) is 56.5 Å². The van der Waals surface area contributed by atoms with E-state index < -0.39 is 0 Å². The first-order chi connectivity index (χ1) is 9.74. The van der Waals surface area contributed by atoms with Crippen molar-refractivity contribution < 1.29 is 4.52 Å². The highest BCUT2D eigenvalue weighted by molar-refractivity contribution is 7.80. The smallest absolute Gasteiger partial charge is 0.176 e. The summed E-state index contributed by atoms with van der Waals surface area (Å²) in [6, 6.07) is 8.08. The van der Waals surface area contributed by atoms with Crippen molar-refractivity contribution in [3.63, 3.8) is 0 Å². The lowest BCUT2D eigenvalue weighted by Crippen LogP contribution is -2.19. The van der Waals surface area contributed by atoms with Crippen molar-refractivity contribution in [1.29, 1.82) is 0 Å². The minimum atomic E-state index is -0.0738. The molecule has 21 heavy (non-hydrogen) atoms. The van der Waals surface area contributed by atoms with Crippen LogP contribution in [0.1, 0.15) is 37.7 Å². The maximum absolute atomic E-state index is 5.32. The zero-order valence-corrected chi connectivity index (χ0v) is 13.9. The van der Waals surface area contributed by atoms with Gasteiger partial charge in [-0.2, -0.15) is 0 Å². The highest BCUT2D eigenvalue weighted by Gasteiger charge is 2.19. The van der Waals surface area contributed by atoms with E-state index >= 15 is 0 Å². The molecule has 0 saturated heterocycles. The predicted molar refractivity (Wildman–Crippen MR) is 91.0 cm³/mol. The van der Waals surface area contributed by atoms with E-state index in [1.54, 1.807) is 0 Å². The first-order valence-electron chi connectivity index (χ1n) is 6.87. The Morgan fingerprint density at radius 1 is 1.05 bits per heavy atom. The lowest BCUT2D eigenvalue weighted by atomic mass is 9.93. The van der Waals surface area contributed by atoms with Gasteiger partial charge in [0.2, 0.25) is 0 Å². The van der Waals surface area contributed by atoms with Gasteiger partial charge in [-0.1, -0.05) is 32.0 Å². The molecular formula is C16H21N3OS. The van der Waals surface area contributed by atoms with Gasteiger partial charge in [0.25, 0.3) is 0 Å².